The van der Waals surface area contributed by atoms with Gasteiger partial charge in [-0.3, -0.25) is 0 Å². The lowest BCUT2D eigenvalue weighted by Crippen LogP contribution is -2.32. The number of halogens is 1. The number of aromatic carboxylic acids is 1. The summed E-state index contributed by atoms with van der Waals surface area (Å²) in [5, 5.41) is 12.1. The summed E-state index contributed by atoms with van der Waals surface area (Å²) in [5.41, 5.74) is -0.137. The van der Waals surface area contributed by atoms with Crippen molar-refractivity contribution in [3.8, 4) is 0 Å². The van der Waals surface area contributed by atoms with Crippen molar-refractivity contribution in [1.82, 2.24) is 4.98 Å². The molecule has 0 aliphatic rings. The van der Waals surface area contributed by atoms with E-state index in [0.717, 1.165) is 25.1 Å². The fraction of sp³-hybridized carbons (Fsp3) is 0.538. The number of pyridine rings is 1. The maximum Gasteiger partial charge on any atom is 0.339 e. The highest BCUT2D eigenvalue weighted by Gasteiger charge is 2.25. The predicted molar refractivity (Wildman–Crippen MR) is 76.5 cm³/mol. The highest BCUT2D eigenvalue weighted by atomic mass is 32.2. The minimum Gasteiger partial charge on any atom is -0.478 e. The van der Waals surface area contributed by atoms with Gasteiger partial charge in [0.25, 0.3) is 0 Å². The molecule has 0 bridgehead atoms. The highest BCUT2D eigenvalue weighted by molar-refractivity contribution is 8.00. The van der Waals surface area contributed by atoms with Crippen molar-refractivity contribution >= 4 is 23.5 Å². The van der Waals surface area contributed by atoms with Gasteiger partial charge in [0.15, 0.2) is 0 Å². The molecule has 0 aromatic carbocycles. The number of carboxylic acids is 1. The third-order valence-corrected chi connectivity index (χ3v) is 4.97. The number of nitrogens with one attached hydrogen (secondary N) is 1. The van der Waals surface area contributed by atoms with E-state index in [0.29, 0.717) is 6.54 Å². The lowest BCUT2D eigenvalue weighted by atomic mass is 10.0. The van der Waals surface area contributed by atoms with Gasteiger partial charge in [-0.05, 0) is 25.2 Å². The summed E-state index contributed by atoms with van der Waals surface area (Å²) in [6.45, 7) is 4.79. The maximum atomic E-state index is 13.0. The number of thioether (sulfide) groups is 1. The Morgan fingerprint density at radius 1 is 1.53 bits per heavy atom. The average Bonchev–Trinajstić information content (AvgIpc) is 2.42. The first-order valence-corrected chi connectivity index (χ1v) is 7.38. The Bertz CT molecular complexity index is 442. The molecule has 0 saturated heterocycles. The number of carbonyl (C=O) groups is 1. The molecule has 0 amide bonds. The lowest BCUT2D eigenvalue weighted by Gasteiger charge is -2.30. The second-order valence-electron chi connectivity index (χ2n) is 4.30. The third kappa shape index (κ3) is 3.83. The maximum absolute atomic E-state index is 13.0. The Balaban J connectivity index is 2.91. The Kier molecular flexibility index (Phi) is 5.60. The van der Waals surface area contributed by atoms with Crippen LogP contribution in [-0.4, -0.2) is 33.6 Å². The average molecular weight is 286 g/mol. The highest BCUT2D eigenvalue weighted by Crippen LogP contribution is 2.30. The van der Waals surface area contributed by atoms with E-state index in [9.17, 15) is 9.18 Å². The van der Waals surface area contributed by atoms with Crippen molar-refractivity contribution in [2.75, 3.05) is 18.1 Å². The van der Waals surface area contributed by atoms with Crippen LogP contribution in [0.2, 0.25) is 0 Å². The van der Waals surface area contributed by atoms with Gasteiger partial charge < -0.3 is 10.4 Å². The van der Waals surface area contributed by atoms with Crippen molar-refractivity contribution in [3.63, 3.8) is 0 Å². The van der Waals surface area contributed by atoms with Gasteiger partial charge in [-0.25, -0.2) is 14.2 Å². The first-order chi connectivity index (χ1) is 8.98. The smallest absolute Gasteiger partial charge is 0.339 e. The second-order valence-corrected chi connectivity index (χ2v) is 5.58. The van der Waals surface area contributed by atoms with E-state index in [4.69, 9.17) is 5.11 Å². The molecule has 1 rings (SSSR count). The Morgan fingerprint density at radius 2 is 2.16 bits per heavy atom. The second kappa shape index (κ2) is 6.75. The molecular formula is C13H19FN2O2S. The number of nitrogens with zero attached hydrogens (tertiary/aromatic N) is 1. The minimum atomic E-state index is -1.18. The normalized spacial score (nSPS) is 11.4. The lowest BCUT2D eigenvalue weighted by molar-refractivity contribution is 0.0697. The van der Waals surface area contributed by atoms with Gasteiger partial charge in [-0.15, -0.1) is 0 Å². The fourth-order valence-corrected chi connectivity index (χ4v) is 2.64. The summed E-state index contributed by atoms with van der Waals surface area (Å²) >= 11 is 1.74. The predicted octanol–water partition coefficient (Wildman–Crippen LogP) is 3.25. The van der Waals surface area contributed by atoms with Gasteiger partial charge in [0.2, 0.25) is 0 Å². The van der Waals surface area contributed by atoms with Crippen LogP contribution in [0.4, 0.5) is 10.2 Å². The fourth-order valence-electron chi connectivity index (χ4n) is 1.85. The Labute approximate surface area is 116 Å². The van der Waals surface area contributed by atoms with Gasteiger partial charge >= 0.3 is 5.97 Å². The molecule has 4 nitrogen and oxygen atoms in total. The van der Waals surface area contributed by atoms with Crippen LogP contribution >= 0.6 is 11.8 Å². The summed E-state index contributed by atoms with van der Waals surface area (Å²) in [4.78, 5) is 14.9. The van der Waals surface area contributed by atoms with E-state index in [2.05, 4.69) is 24.1 Å². The van der Waals surface area contributed by atoms with E-state index < -0.39 is 11.8 Å². The molecule has 0 fully saturated rings. The van der Waals surface area contributed by atoms with E-state index in [1.807, 2.05) is 6.26 Å². The number of rotatable bonds is 7. The quantitative estimate of drug-likeness (QED) is 0.805. The van der Waals surface area contributed by atoms with Crippen molar-refractivity contribution in [3.05, 3.63) is 23.6 Å². The molecular weight excluding hydrogens is 267 g/mol. The Morgan fingerprint density at radius 3 is 2.63 bits per heavy atom. The molecule has 1 aromatic rings. The summed E-state index contributed by atoms with van der Waals surface area (Å²) in [6, 6.07) is 0.982. The summed E-state index contributed by atoms with van der Waals surface area (Å²) in [6.07, 6.45) is 4.97. The molecule has 0 spiro atoms. The Hall–Kier alpha value is -1.30. The van der Waals surface area contributed by atoms with Gasteiger partial charge in [0.1, 0.15) is 17.2 Å². The zero-order valence-electron chi connectivity index (χ0n) is 11.4. The molecule has 0 atom stereocenters. The van der Waals surface area contributed by atoms with Crippen LogP contribution in [0.3, 0.4) is 0 Å². The van der Waals surface area contributed by atoms with Crippen LogP contribution in [-0.2, 0) is 0 Å². The molecule has 0 aliphatic heterocycles. The van der Waals surface area contributed by atoms with Crippen LogP contribution in [0.5, 0.6) is 0 Å². The van der Waals surface area contributed by atoms with E-state index in [1.54, 1.807) is 11.8 Å². The molecule has 0 saturated carbocycles. The SMILES string of the molecule is CCC(CC)(CNc1ncc(F)cc1C(=O)O)SC. The standard InChI is InChI=1S/C13H19FN2O2S/c1-4-13(5-2,19-3)8-16-11-10(12(17)18)6-9(14)7-15-11/h6-7H,4-5,8H2,1-3H3,(H,15,16)(H,17,18). The van der Waals surface area contributed by atoms with Gasteiger partial charge in [0.05, 0.1) is 6.20 Å². The summed E-state index contributed by atoms with van der Waals surface area (Å²) < 4.78 is 13.1. The van der Waals surface area contributed by atoms with Crippen molar-refractivity contribution in [2.24, 2.45) is 0 Å². The summed E-state index contributed by atoms with van der Waals surface area (Å²) in [7, 11) is 0. The first kappa shape index (κ1) is 15.8. The molecule has 1 aromatic heterocycles. The molecule has 0 aliphatic carbocycles. The van der Waals surface area contributed by atoms with Crippen LogP contribution in [0.15, 0.2) is 12.3 Å². The van der Waals surface area contributed by atoms with Crippen molar-refractivity contribution in [1.29, 1.82) is 0 Å². The molecule has 0 radical (unpaired) electrons. The van der Waals surface area contributed by atoms with E-state index in [1.165, 1.54) is 0 Å². The number of anilines is 1. The number of aromatic nitrogens is 1. The molecule has 6 heteroatoms. The molecule has 2 N–H and O–H groups in total. The largest absolute Gasteiger partial charge is 0.478 e. The topological polar surface area (TPSA) is 62.2 Å². The van der Waals surface area contributed by atoms with Gasteiger partial charge in [-0.2, -0.15) is 11.8 Å². The summed E-state index contributed by atoms with van der Waals surface area (Å²) in [5.74, 6) is -1.61. The van der Waals surface area contributed by atoms with Crippen LogP contribution in [0.1, 0.15) is 37.0 Å². The van der Waals surface area contributed by atoms with Crippen LogP contribution in [0.25, 0.3) is 0 Å². The van der Waals surface area contributed by atoms with Crippen LogP contribution < -0.4 is 5.32 Å². The van der Waals surface area contributed by atoms with Gasteiger partial charge in [-0.1, -0.05) is 13.8 Å². The van der Waals surface area contributed by atoms with Crippen molar-refractivity contribution in [2.45, 2.75) is 31.4 Å². The molecule has 106 valence electrons. The number of hydrogen-bond acceptors (Lipinski definition) is 4. The number of carboxylic acid groups (broad SMARTS) is 1. The van der Waals surface area contributed by atoms with E-state index >= 15 is 0 Å². The minimum absolute atomic E-state index is 0.0336. The van der Waals surface area contributed by atoms with Crippen LogP contribution in [0, 0.1) is 5.82 Å². The zero-order valence-corrected chi connectivity index (χ0v) is 12.2. The van der Waals surface area contributed by atoms with E-state index in [-0.39, 0.29) is 16.1 Å². The zero-order chi connectivity index (χ0) is 14.5. The van der Waals surface area contributed by atoms with Gasteiger partial charge in [0, 0.05) is 11.3 Å². The molecule has 0 unspecified atom stereocenters. The number of hydrogen-bond donors (Lipinski definition) is 2. The molecule has 1 heterocycles. The molecule has 19 heavy (non-hydrogen) atoms. The monoisotopic (exact) mass is 286 g/mol. The first-order valence-electron chi connectivity index (χ1n) is 6.16. The third-order valence-electron chi connectivity index (χ3n) is 3.38. The van der Waals surface area contributed by atoms with Crippen molar-refractivity contribution < 1.29 is 14.3 Å².